The fourth-order valence-corrected chi connectivity index (χ4v) is 3.13. The lowest BCUT2D eigenvalue weighted by molar-refractivity contribution is -0.116. The van der Waals surface area contributed by atoms with Gasteiger partial charge in [0.1, 0.15) is 11.6 Å². The summed E-state index contributed by atoms with van der Waals surface area (Å²) in [7, 11) is 0. The molecule has 0 fully saturated rings. The summed E-state index contributed by atoms with van der Waals surface area (Å²) in [4.78, 5) is 11.9. The van der Waals surface area contributed by atoms with Crippen molar-refractivity contribution in [1.82, 2.24) is 20.1 Å². The van der Waals surface area contributed by atoms with Crippen molar-refractivity contribution in [3.05, 3.63) is 53.1 Å². The maximum Gasteiger partial charge on any atom is 0.243 e. The molecule has 2 heterocycles. The average Bonchev–Trinajstić information content (AvgIpc) is 2.89. The van der Waals surface area contributed by atoms with Gasteiger partial charge in [-0.05, 0) is 43.0 Å². The highest BCUT2D eigenvalue weighted by Gasteiger charge is 2.14. The van der Waals surface area contributed by atoms with Gasteiger partial charge in [0.05, 0.1) is 11.6 Å². The molecule has 0 spiro atoms. The standard InChI is InChI=1S/C20H23N5O/c21-15-17-7-4-6-16(14-17)10-11-20(26)22-12-5-9-19-24-23-18-8-2-1-3-13-25(18)19/h4,6-7,10-11,14H,1-3,5,8-9,12-13H2,(H,22,26). The number of nitriles is 1. The van der Waals surface area contributed by atoms with E-state index >= 15 is 0 Å². The minimum Gasteiger partial charge on any atom is -0.353 e. The van der Waals surface area contributed by atoms with E-state index in [-0.39, 0.29) is 5.91 Å². The third kappa shape index (κ3) is 4.79. The van der Waals surface area contributed by atoms with Crippen molar-refractivity contribution in [3.63, 3.8) is 0 Å². The molecule has 0 atom stereocenters. The molecule has 0 saturated carbocycles. The highest BCUT2D eigenvalue weighted by molar-refractivity contribution is 5.91. The molecule has 6 heteroatoms. The molecule has 1 aromatic carbocycles. The van der Waals surface area contributed by atoms with Crippen molar-refractivity contribution < 1.29 is 4.79 Å². The molecular weight excluding hydrogens is 326 g/mol. The molecule has 1 aromatic heterocycles. The van der Waals surface area contributed by atoms with E-state index in [1.165, 1.54) is 25.3 Å². The van der Waals surface area contributed by atoms with Crippen LogP contribution in [0.2, 0.25) is 0 Å². The monoisotopic (exact) mass is 349 g/mol. The Kier molecular flexibility index (Phi) is 6.15. The van der Waals surface area contributed by atoms with Gasteiger partial charge in [-0.25, -0.2) is 0 Å². The number of hydrogen-bond donors (Lipinski definition) is 1. The zero-order valence-electron chi connectivity index (χ0n) is 14.8. The van der Waals surface area contributed by atoms with Gasteiger partial charge in [-0.1, -0.05) is 18.6 Å². The molecule has 134 valence electrons. The summed E-state index contributed by atoms with van der Waals surface area (Å²) in [5.74, 6) is 2.00. The van der Waals surface area contributed by atoms with Crippen molar-refractivity contribution in [2.45, 2.75) is 45.1 Å². The molecule has 1 N–H and O–H groups in total. The normalized spacial score (nSPS) is 13.8. The van der Waals surface area contributed by atoms with Crippen LogP contribution in [0.25, 0.3) is 6.08 Å². The smallest absolute Gasteiger partial charge is 0.243 e. The van der Waals surface area contributed by atoms with Crippen LogP contribution in [0.3, 0.4) is 0 Å². The van der Waals surface area contributed by atoms with E-state index in [2.05, 4.69) is 26.2 Å². The number of fused-ring (bicyclic) bond motifs is 1. The van der Waals surface area contributed by atoms with Crippen LogP contribution in [-0.2, 0) is 24.2 Å². The molecule has 26 heavy (non-hydrogen) atoms. The minimum absolute atomic E-state index is 0.132. The van der Waals surface area contributed by atoms with E-state index in [0.29, 0.717) is 12.1 Å². The molecule has 0 unspecified atom stereocenters. The Balaban J connectivity index is 1.43. The second-order valence-corrected chi connectivity index (χ2v) is 6.46. The Bertz CT molecular complexity index is 831. The summed E-state index contributed by atoms with van der Waals surface area (Å²) in [5, 5.41) is 20.4. The number of benzene rings is 1. The van der Waals surface area contributed by atoms with E-state index < -0.39 is 0 Å². The number of hydrogen-bond acceptors (Lipinski definition) is 4. The van der Waals surface area contributed by atoms with Crippen LogP contribution in [-0.4, -0.2) is 27.2 Å². The summed E-state index contributed by atoms with van der Waals surface area (Å²) >= 11 is 0. The van der Waals surface area contributed by atoms with E-state index in [9.17, 15) is 4.79 Å². The molecule has 0 bridgehead atoms. The number of rotatable bonds is 6. The lowest BCUT2D eigenvalue weighted by Gasteiger charge is -2.07. The summed E-state index contributed by atoms with van der Waals surface area (Å²) in [6.45, 7) is 1.61. The third-order valence-electron chi connectivity index (χ3n) is 4.51. The Labute approximate surface area is 153 Å². The Morgan fingerprint density at radius 2 is 2.23 bits per heavy atom. The number of nitrogens with one attached hydrogen (secondary N) is 1. The fourth-order valence-electron chi connectivity index (χ4n) is 3.13. The van der Waals surface area contributed by atoms with Gasteiger partial charge >= 0.3 is 0 Å². The van der Waals surface area contributed by atoms with Crippen LogP contribution in [0.1, 0.15) is 48.5 Å². The van der Waals surface area contributed by atoms with Crippen LogP contribution < -0.4 is 5.32 Å². The molecule has 1 amide bonds. The van der Waals surface area contributed by atoms with Crippen LogP contribution in [0.4, 0.5) is 0 Å². The molecule has 1 aliphatic heterocycles. The largest absolute Gasteiger partial charge is 0.353 e. The average molecular weight is 349 g/mol. The molecular formula is C20H23N5O. The maximum absolute atomic E-state index is 11.9. The van der Waals surface area contributed by atoms with Crippen LogP contribution in [0, 0.1) is 11.3 Å². The molecule has 0 saturated heterocycles. The quantitative estimate of drug-likeness (QED) is 0.642. The lowest BCUT2D eigenvalue weighted by Crippen LogP contribution is -2.22. The van der Waals surface area contributed by atoms with Crippen molar-refractivity contribution in [3.8, 4) is 6.07 Å². The highest BCUT2D eigenvalue weighted by atomic mass is 16.1. The van der Waals surface area contributed by atoms with Gasteiger partial charge < -0.3 is 9.88 Å². The molecule has 2 aromatic rings. The van der Waals surface area contributed by atoms with Gasteiger partial charge in [0.15, 0.2) is 0 Å². The first-order chi connectivity index (χ1) is 12.8. The topological polar surface area (TPSA) is 83.6 Å². The van der Waals surface area contributed by atoms with Gasteiger partial charge in [0.25, 0.3) is 0 Å². The van der Waals surface area contributed by atoms with Gasteiger partial charge in [-0.3, -0.25) is 4.79 Å². The highest BCUT2D eigenvalue weighted by Crippen LogP contribution is 2.15. The maximum atomic E-state index is 11.9. The lowest BCUT2D eigenvalue weighted by atomic mass is 10.1. The number of amides is 1. The molecule has 1 aliphatic rings. The number of carbonyl (C=O) groups is 1. The first-order valence-corrected chi connectivity index (χ1v) is 9.13. The van der Waals surface area contributed by atoms with Gasteiger partial charge in [0, 0.05) is 32.0 Å². The number of aromatic nitrogens is 3. The summed E-state index contributed by atoms with van der Waals surface area (Å²) in [6.07, 6.45) is 9.52. The Morgan fingerprint density at radius 1 is 1.31 bits per heavy atom. The van der Waals surface area contributed by atoms with Crippen molar-refractivity contribution in [1.29, 1.82) is 5.26 Å². The predicted molar refractivity (Wildman–Crippen MR) is 99.1 cm³/mol. The summed E-state index contributed by atoms with van der Waals surface area (Å²) in [6, 6.07) is 9.24. The third-order valence-corrected chi connectivity index (χ3v) is 4.51. The van der Waals surface area contributed by atoms with Gasteiger partial charge in [-0.15, -0.1) is 10.2 Å². The van der Waals surface area contributed by atoms with Crippen molar-refractivity contribution >= 4 is 12.0 Å². The molecule has 6 nitrogen and oxygen atoms in total. The summed E-state index contributed by atoms with van der Waals surface area (Å²) < 4.78 is 2.25. The second-order valence-electron chi connectivity index (χ2n) is 6.46. The SMILES string of the molecule is N#Cc1cccc(C=CC(=O)NCCCc2nnc3n2CCCCC3)c1. The molecule has 0 aliphatic carbocycles. The molecule has 0 radical (unpaired) electrons. The van der Waals surface area contributed by atoms with E-state index in [0.717, 1.165) is 43.0 Å². The van der Waals surface area contributed by atoms with Crippen molar-refractivity contribution in [2.24, 2.45) is 0 Å². The zero-order chi connectivity index (χ0) is 18.2. The zero-order valence-corrected chi connectivity index (χ0v) is 14.8. The molecule has 3 rings (SSSR count). The van der Waals surface area contributed by atoms with Crippen LogP contribution in [0.5, 0.6) is 0 Å². The number of nitrogens with zero attached hydrogens (tertiary/aromatic N) is 4. The number of carbonyl (C=O) groups excluding carboxylic acids is 1. The Hall–Kier alpha value is -2.94. The Morgan fingerprint density at radius 3 is 3.12 bits per heavy atom. The van der Waals surface area contributed by atoms with Gasteiger partial charge in [-0.2, -0.15) is 5.26 Å². The van der Waals surface area contributed by atoms with Gasteiger partial charge in [0.2, 0.25) is 5.91 Å². The van der Waals surface area contributed by atoms with E-state index in [1.54, 1.807) is 24.3 Å². The van der Waals surface area contributed by atoms with Crippen LogP contribution >= 0.6 is 0 Å². The van der Waals surface area contributed by atoms with E-state index in [4.69, 9.17) is 5.26 Å². The fraction of sp³-hybridized carbons (Fsp3) is 0.400. The van der Waals surface area contributed by atoms with Crippen LogP contribution in [0.15, 0.2) is 30.3 Å². The first-order valence-electron chi connectivity index (χ1n) is 9.13. The second kappa shape index (κ2) is 8.95. The van der Waals surface area contributed by atoms with E-state index in [1.807, 2.05) is 6.07 Å². The number of aryl methyl sites for hydroxylation is 2. The minimum atomic E-state index is -0.132. The summed E-state index contributed by atoms with van der Waals surface area (Å²) in [5.41, 5.74) is 1.42. The predicted octanol–water partition coefficient (Wildman–Crippen LogP) is 2.64. The first kappa shape index (κ1) is 17.9. The van der Waals surface area contributed by atoms with Crippen molar-refractivity contribution in [2.75, 3.05) is 6.54 Å².